The fourth-order valence-corrected chi connectivity index (χ4v) is 2.29. The first kappa shape index (κ1) is 12.5. The van der Waals surface area contributed by atoms with Crippen molar-refractivity contribution in [1.29, 1.82) is 0 Å². The summed E-state index contributed by atoms with van der Waals surface area (Å²) in [4.78, 5) is 22.3. The van der Waals surface area contributed by atoms with Crippen molar-refractivity contribution in [3.05, 3.63) is 42.0 Å². The third-order valence-corrected chi connectivity index (χ3v) is 3.20. The zero-order valence-corrected chi connectivity index (χ0v) is 11.4. The lowest BCUT2D eigenvalue weighted by molar-refractivity contribution is 0.0513. The molecule has 1 aromatic carbocycles. The minimum Gasteiger partial charge on any atom is -0.460 e. The Kier molecular flexibility index (Phi) is 3.02. The van der Waals surface area contributed by atoms with Crippen molar-refractivity contribution in [1.82, 2.24) is 15.0 Å². The number of nitrogens with one attached hydrogen (secondary N) is 2. The molecule has 0 spiro atoms. The molecule has 0 aliphatic rings. The lowest BCUT2D eigenvalue weighted by atomic mass is 10.1. The average Bonchev–Trinajstić information content (AvgIpc) is 3.02. The molecular weight excluding hydrogens is 254 g/mol. The van der Waals surface area contributed by atoms with Crippen LogP contribution in [0.4, 0.5) is 0 Å². The highest BCUT2D eigenvalue weighted by Gasteiger charge is 2.17. The zero-order chi connectivity index (χ0) is 14.1. The molecule has 5 nitrogen and oxygen atoms in total. The predicted octanol–water partition coefficient (Wildman–Crippen LogP) is 3.04. The van der Waals surface area contributed by atoms with Crippen molar-refractivity contribution in [3.8, 4) is 11.3 Å². The fourth-order valence-electron chi connectivity index (χ4n) is 2.29. The van der Waals surface area contributed by atoms with Crippen molar-refractivity contribution < 1.29 is 9.53 Å². The highest BCUT2D eigenvalue weighted by molar-refractivity contribution is 5.96. The Hall–Kier alpha value is -2.56. The molecule has 0 aliphatic carbocycles. The summed E-state index contributed by atoms with van der Waals surface area (Å²) < 4.78 is 4.96. The summed E-state index contributed by atoms with van der Waals surface area (Å²) in [6.07, 6.45) is 1.91. The topological polar surface area (TPSA) is 70.8 Å². The van der Waals surface area contributed by atoms with Gasteiger partial charge in [-0.25, -0.2) is 9.78 Å². The molecule has 102 valence electrons. The predicted molar refractivity (Wildman–Crippen MR) is 76.6 cm³/mol. The minimum absolute atomic E-state index is 0.240. The third kappa shape index (κ3) is 1.97. The number of H-pyrrole nitrogens is 2. The van der Waals surface area contributed by atoms with E-state index in [2.05, 4.69) is 15.0 Å². The van der Waals surface area contributed by atoms with E-state index in [9.17, 15) is 4.79 Å². The number of esters is 1. The van der Waals surface area contributed by atoms with Crippen LogP contribution in [0.3, 0.4) is 0 Å². The van der Waals surface area contributed by atoms with Gasteiger partial charge in [-0.2, -0.15) is 0 Å². The molecule has 0 fully saturated rings. The Morgan fingerprint density at radius 1 is 1.35 bits per heavy atom. The van der Waals surface area contributed by atoms with Gasteiger partial charge in [0.1, 0.15) is 0 Å². The van der Waals surface area contributed by atoms with Crippen LogP contribution in [0, 0.1) is 6.92 Å². The summed E-state index contributed by atoms with van der Waals surface area (Å²) in [6.45, 7) is 4.00. The van der Waals surface area contributed by atoms with E-state index in [0.29, 0.717) is 6.61 Å². The van der Waals surface area contributed by atoms with Crippen LogP contribution in [0.5, 0.6) is 0 Å². The fraction of sp³-hybridized carbons (Fsp3) is 0.200. The van der Waals surface area contributed by atoms with Crippen molar-refractivity contribution in [2.45, 2.75) is 13.8 Å². The summed E-state index contributed by atoms with van der Waals surface area (Å²) >= 11 is 0. The summed E-state index contributed by atoms with van der Waals surface area (Å²) in [7, 11) is 0. The maximum atomic E-state index is 11.7. The van der Waals surface area contributed by atoms with Crippen molar-refractivity contribution >= 4 is 16.9 Å². The molecule has 0 bridgehead atoms. The minimum atomic E-state index is -0.429. The van der Waals surface area contributed by atoms with Gasteiger partial charge in [-0.05, 0) is 19.9 Å². The van der Waals surface area contributed by atoms with E-state index in [-0.39, 0.29) is 5.82 Å². The lowest BCUT2D eigenvalue weighted by Gasteiger charge is -1.96. The molecule has 2 aromatic heterocycles. The van der Waals surface area contributed by atoms with Crippen molar-refractivity contribution in [2.24, 2.45) is 0 Å². The number of aromatic amines is 2. The first-order chi connectivity index (χ1) is 9.70. The Morgan fingerprint density at radius 3 is 2.95 bits per heavy atom. The van der Waals surface area contributed by atoms with Crippen LogP contribution in [0.2, 0.25) is 0 Å². The van der Waals surface area contributed by atoms with Gasteiger partial charge in [0.2, 0.25) is 5.82 Å². The monoisotopic (exact) mass is 269 g/mol. The number of aryl methyl sites for hydroxylation is 1. The number of rotatable bonds is 3. The van der Waals surface area contributed by atoms with Crippen molar-refractivity contribution in [2.75, 3.05) is 6.61 Å². The molecule has 0 unspecified atom stereocenters. The number of imidazole rings is 1. The first-order valence-electron chi connectivity index (χ1n) is 6.51. The van der Waals surface area contributed by atoms with Crippen LogP contribution < -0.4 is 0 Å². The number of hydrogen-bond donors (Lipinski definition) is 2. The van der Waals surface area contributed by atoms with Gasteiger partial charge in [-0.15, -0.1) is 0 Å². The summed E-state index contributed by atoms with van der Waals surface area (Å²) in [6, 6.07) is 7.99. The second kappa shape index (κ2) is 4.85. The quantitative estimate of drug-likeness (QED) is 0.718. The number of ether oxygens (including phenoxy) is 1. The van der Waals surface area contributed by atoms with E-state index in [1.165, 1.54) is 0 Å². The van der Waals surface area contributed by atoms with E-state index in [1.807, 2.05) is 37.4 Å². The molecule has 0 aliphatic heterocycles. The Morgan fingerprint density at radius 2 is 2.15 bits per heavy atom. The van der Waals surface area contributed by atoms with Gasteiger partial charge in [0, 0.05) is 28.4 Å². The second-order valence-corrected chi connectivity index (χ2v) is 4.53. The lowest BCUT2D eigenvalue weighted by Crippen LogP contribution is -2.06. The van der Waals surface area contributed by atoms with E-state index >= 15 is 0 Å². The maximum Gasteiger partial charge on any atom is 0.374 e. The van der Waals surface area contributed by atoms with E-state index in [0.717, 1.165) is 27.9 Å². The van der Waals surface area contributed by atoms with Crippen LogP contribution in [0.15, 0.2) is 30.5 Å². The molecule has 3 aromatic rings. The molecule has 0 amide bonds. The molecule has 0 saturated carbocycles. The summed E-state index contributed by atoms with van der Waals surface area (Å²) in [5, 5.41) is 1.08. The number of nitrogens with zero attached hydrogens (tertiary/aromatic N) is 1. The third-order valence-electron chi connectivity index (χ3n) is 3.20. The molecule has 0 saturated heterocycles. The number of para-hydroxylation sites is 1. The summed E-state index contributed by atoms with van der Waals surface area (Å²) in [5.41, 5.74) is 3.63. The largest absolute Gasteiger partial charge is 0.460 e. The Balaban J connectivity index is 2.08. The van der Waals surface area contributed by atoms with E-state index in [1.54, 1.807) is 6.92 Å². The standard InChI is InChI=1S/C15H15N3O2/c1-3-20-15(19)14-17-9(2)13(18-14)11-8-16-12-7-5-4-6-10(11)12/h4-8,16H,3H2,1-2H3,(H,17,18). The van der Waals surface area contributed by atoms with Gasteiger partial charge in [0.25, 0.3) is 0 Å². The summed E-state index contributed by atoms with van der Waals surface area (Å²) in [5.74, 6) is -0.189. The van der Waals surface area contributed by atoms with Crippen LogP contribution in [-0.4, -0.2) is 27.5 Å². The van der Waals surface area contributed by atoms with Crippen LogP contribution >= 0.6 is 0 Å². The number of aromatic nitrogens is 3. The van der Waals surface area contributed by atoms with Gasteiger partial charge in [0.05, 0.1) is 12.3 Å². The molecule has 0 atom stereocenters. The van der Waals surface area contributed by atoms with Crippen LogP contribution in [-0.2, 0) is 4.74 Å². The number of benzene rings is 1. The molecule has 2 N–H and O–H groups in total. The smallest absolute Gasteiger partial charge is 0.374 e. The maximum absolute atomic E-state index is 11.7. The van der Waals surface area contributed by atoms with Gasteiger partial charge in [-0.3, -0.25) is 0 Å². The first-order valence-corrected chi connectivity index (χ1v) is 6.51. The number of carbonyl (C=O) groups excluding carboxylic acids is 1. The number of carbonyl (C=O) groups is 1. The van der Waals surface area contributed by atoms with Crippen molar-refractivity contribution in [3.63, 3.8) is 0 Å². The number of fused-ring (bicyclic) bond motifs is 1. The molecule has 2 heterocycles. The zero-order valence-electron chi connectivity index (χ0n) is 11.4. The second-order valence-electron chi connectivity index (χ2n) is 4.53. The number of hydrogen-bond acceptors (Lipinski definition) is 3. The van der Waals surface area contributed by atoms with Gasteiger partial charge >= 0.3 is 5.97 Å². The van der Waals surface area contributed by atoms with Crippen LogP contribution in [0.25, 0.3) is 22.2 Å². The Labute approximate surface area is 116 Å². The highest BCUT2D eigenvalue weighted by atomic mass is 16.5. The van der Waals surface area contributed by atoms with Gasteiger partial charge in [0.15, 0.2) is 0 Å². The van der Waals surface area contributed by atoms with E-state index < -0.39 is 5.97 Å². The van der Waals surface area contributed by atoms with Gasteiger partial charge < -0.3 is 14.7 Å². The van der Waals surface area contributed by atoms with E-state index in [4.69, 9.17) is 4.74 Å². The highest BCUT2D eigenvalue weighted by Crippen LogP contribution is 2.29. The van der Waals surface area contributed by atoms with Gasteiger partial charge in [-0.1, -0.05) is 18.2 Å². The molecule has 3 rings (SSSR count). The molecule has 5 heteroatoms. The van der Waals surface area contributed by atoms with Crippen LogP contribution in [0.1, 0.15) is 23.2 Å². The average molecular weight is 269 g/mol. The molecular formula is C15H15N3O2. The molecule has 20 heavy (non-hydrogen) atoms. The Bertz CT molecular complexity index is 770. The SMILES string of the molecule is CCOC(=O)c1nc(-c2c[nH]c3ccccc23)c(C)[nH]1. The molecule has 0 radical (unpaired) electrons. The normalized spacial score (nSPS) is 10.9.